The molecule has 0 unspecified atom stereocenters. The third kappa shape index (κ3) is 2.22. The summed E-state index contributed by atoms with van der Waals surface area (Å²) in [7, 11) is -3.69. The summed E-state index contributed by atoms with van der Waals surface area (Å²) in [6.45, 7) is 3.64. The van der Waals surface area contributed by atoms with Crippen LogP contribution in [0.1, 0.15) is 11.3 Å². The maximum atomic E-state index is 12.8. The Morgan fingerprint density at radius 3 is 2.43 bits per heavy atom. The van der Waals surface area contributed by atoms with Gasteiger partial charge in [0.25, 0.3) is 10.0 Å². The van der Waals surface area contributed by atoms with Crippen molar-refractivity contribution in [3.05, 3.63) is 58.9 Å². The van der Waals surface area contributed by atoms with Gasteiger partial charge in [-0.3, -0.25) is 0 Å². The van der Waals surface area contributed by atoms with Crippen molar-refractivity contribution in [3.63, 3.8) is 0 Å². The SMILES string of the molecule is Cc1ccc(S(=O)(=O)n2c(C)cc3c(Cl)ccnc32)cc1. The number of nitrogens with zero attached hydrogens (tertiary/aromatic N) is 2. The zero-order chi connectivity index (χ0) is 15.2. The average Bonchev–Trinajstić information content (AvgIpc) is 2.77. The molecule has 0 aliphatic heterocycles. The molecule has 0 N–H and O–H groups in total. The molecule has 0 radical (unpaired) electrons. The first kappa shape index (κ1) is 14.1. The summed E-state index contributed by atoms with van der Waals surface area (Å²) in [5.74, 6) is 0. The Kier molecular flexibility index (Phi) is 3.26. The van der Waals surface area contributed by atoms with Crippen molar-refractivity contribution in [2.45, 2.75) is 18.7 Å². The van der Waals surface area contributed by atoms with Gasteiger partial charge in [-0.05, 0) is 38.1 Å². The largest absolute Gasteiger partial charge is 0.269 e. The van der Waals surface area contributed by atoms with Crippen LogP contribution >= 0.6 is 11.6 Å². The highest BCUT2D eigenvalue weighted by molar-refractivity contribution is 7.90. The minimum atomic E-state index is -3.69. The van der Waals surface area contributed by atoms with Crippen molar-refractivity contribution in [3.8, 4) is 0 Å². The molecule has 108 valence electrons. The summed E-state index contributed by atoms with van der Waals surface area (Å²) < 4.78 is 26.9. The second-order valence-electron chi connectivity index (χ2n) is 4.90. The number of rotatable bonds is 2. The van der Waals surface area contributed by atoms with Gasteiger partial charge in [0.2, 0.25) is 0 Å². The Balaban J connectivity index is 2.31. The third-order valence-electron chi connectivity index (χ3n) is 3.34. The minimum absolute atomic E-state index is 0.232. The van der Waals surface area contributed by atoms with Gasteiger partial charge in [-0.15, -0.1) is 0 Å². The zero-order valence-electron chi connectivity index (χ0n) is 11.5. The fraction of sp³-hybridized carbons (Fsp3) is 0.133. The van der Waals surface area contributed by atoms with Crippen LogP contribution in [0.2, 0.25) is 5.02 Å². The Labute approximate surface area is 128 Å². The van der Waals surface area contributed by atoms with Crippen molar-refractivity contribution >= 4 is 32.7 Å². The van der Waals surface area contributed by atoms with E-state index in [4.69, 9.17) is 11.6 Å². The predicted octanol–water partition coefficient (Wildman–Crippen LogP) is 3.54. The summed E-state index contributed by atoms with van der Waals surface area (Å²) in [4.78, 5) is 4.40. The maximum absolute atomic E-state index is 12.8. The van der Waals surface area contributed by atoms with Gasteiger partial charge in [-0.1, -0.05) is 29.3 Å². The number of fused-ring (bicyclic) bond motifs is 1. The van der Waals surface area contributed by atoms with Crippen molar-refractivity contribution in [1.82, 2.24) is 8.96 Å². The first-order chi connectivity index (χ1) is 9.91. The van der Waals surface area contributed by atoms with Crippen LogP contribution in [0.4, 0.5) is 0 Å². The smallest absolute Gasteiger partial charge is 0.237 e. The quantitative estimate of drug-likeness (QED) is 0.725. The van der Waals surface area contributed by atoms with Crippen LogP contribution in [0.15, 0.2) is 47.5 Å². The van der Waals surface area contributed by atoms with E-state index in [2.05, 4.69) is 4.98 Å². The van der Waals surface area contributed by atoms with Crippen molar-refractivity contribution in [2.75, 3.05) is 0 Å². The molecule has 0 saturated heterocycles. The van der Waals surface area contributed by atoms with Gasteiger partial charge in [0, 0.05) is 17.3 Å². The molecule has 0 fully saturated rings. The Morgan fingerprint density at radius 1 is 1.10 bits per heavy atom. The molecule has 2 heterocycles. The van der Waals surface area contributed by atoms with E-state index in [0.717, 1.165) is 5.56 Å². The van der Waals surface area contributed by atoms with Gasteiger partial charge >= 0.3 is 0 Å². The monoisotopic (exact) mass is 320 g/mol. The molecule has 3 rings (SSSR count). The second kappa shape index (κ2) is 4.86. The van der Waals surface area contributed by atoms with Crippen LogP contribution in [0.5, 0.6) is 0 Å². The van der Waals surface area contributed by atoms with Crippen molar-refractivity contribution in [2.24, 2.45) is 0 Å². The number of benzene rings is 1. The van der Waals surface area contributed by atoms with Gasteiger partial charge in [0.05, 0.1) is 9.92 Å². The average molecular weight is 321 g/mol. The maximum Gasteiger partial charge on any atom is 0.269 e. The Bertz CT molecular complexity index is 928. The van der Waals surface area contributed by atoms with E-state index in [9.17, 15) is 8.42 Å². The summed E-state index contributed by atoms with van der Waals surface area (Å²) in [6.07, 6.45) is 1.51. The molecular weight excluding hydrogens is 308 g/mol. The lowest BCUT2D eigenvalue weighted by Gasteiger charge is -2.09. The Hall–Kier alpha value is -1.85. The van der Waals surface area contributed by atoms with Crippen LogP contribution in [0, 0.1) is 13.8 Å². The number of aryl methyl sites for hydroxylation is 2. The van der Waals surface area contributed by atoms with E-state index in [-0.39, 0.29) is 4.90 Å². The lowest BCUT2D eigenvalue weighted by atomic mass is 10.2. The molecule has 6 heteroatoms. The number of hydrogen-bond acceptors (Lipinski definition) is 3. The van der Waals surface area contributed by atoms with Crippen molar-refractivity contribution in [1.29, 1.82) is 0 Å². The summed E-state index contributed by atoms with van der Waals surface area (Å²) in [5.41, 5.74) is 1.93. The molecule has 0 atom stereocenters. The van der Waals surface area contributed by atoms with Crippen LogP contribution in [0.3, 0.4) is 0 Å². The summed E-state index contributed by atoms with van der Waals surface area (Å²) in [5, 5.41) is 1.12. The number of aromatic nitrogens is 2. The molecule has 0 spiro atoms. The molecule has 0 amide bonds. The lowest BCUT2D eigenvalue weighted by molar-refractivity contribution is 0.587. The van der Waals surface area contributed by atoms with E-state index in [1.54, 1.807) is 43.3 Å². The first-order valence-electron chi connectivity index (χ1n) is 6.36. The zero-order valence-corrected chi connectivity index (χ0v) is 13.1. The highest BCUT2D eigenvalue weighted by Gasteiger charge is 2.22. The third-order valence-corrected chi connectivity index (χ3v) is 5.48. The Morgan fingerprint density at radius 2 is 1.76 bits per heavy atom. The van der Waals surface area contributed by atoms with Gasteiger partial charge in [-0.2, -0.15) is 0 Å². The molecule has 0 aliphatic rings. The number of hydrogen-bond donors (Lipinski definition) is 0. The van der Waals surface area contributed by atoms with E-state index in [1.165, 1.54) is 10.2 Å². The summed E-state index contributed by atoms with van der Waals surface area (Å²) in [6, 6.07) is 10.1. The molecule has 2 aromatic heterocycles. The highest BCUT2D eigenvalue weighted by atomic mass is 35.5. The number of pyridine rings is 1. The van der Waals surface area contributed by atoms with Gasteiger partial charge in [0.1, 0.15) is 0 Å². The van der Waals surface area contributed by atoms with Crippen LogP contribution in [-0.2, 0) is 10.0 Å². The molecule has 4 nitrogen and oxygen atoms in total. The molecule has 1 aromatic carbocycles. The van der Waals surface area contributed by atoms with E-state index in [0.29, 0.717) is 21.7 Å². The fourth-order valence-corrected chi connectivity index (χ4v) is 3.98. The van der Waals surface area contributed by atoms with Gasteiger partial charge in [-0.25, -0.2) is 17.4 Å². The molecule has 0 saturated carbocycles. The summed E-state index contributed by atoms with van der Waals surface area (Å²) >= 11 is 6.11. The molecular formula is C15H13ClN2O2S. The predicted molar refractivity (Wildman–Crippen MR) is 83.2 cm³/mol. The normalized spacial score (nSPS) is 12.0. The van der Waals surface area contributed by atoms with E-state index < -0.39 is 10.0 Å². The van der Waals surface area contributed by atoms with Crippen molar-refractivity contribution < 1.29 is 8.42 Å². The van der Waals surface area contributed by atoms with Crippen LogP contribution in [0.25, 0.3) is 11.0 Å². The molecule has 3 aromatic rings. The molecule has 21 heavy (non-hydrogen) atoms. The lowest BCUT2D eigenvalue weighted by Crippen LogP contribution is -2.14. The van der Waals surface area contributed by atoms with E-state index in [1.807, 2.05) is 6.92 Å². The van der Waals surface area contributed by atoms with Crippen LogP contribution in [-0.4, -0.2) is 17.4 Å². The second-order valence-corrected chi connectivity index (χ2v) is 7.09. The fourth-order valence-electron chi connectivity index (χ4n) is 2.29. The topological polar surface area (TPSA) is 52.0 Å². The molecule has 0 aliphatic carbocycles. The number of halogens is 1. The first-order valence-corrected chi connectivity index (χ1v) is 8.18. The van der Waals surface area contributed by atoms with Crippen LogP contribution < -0.4 is 0 Å². The van der Waals surface area contributed by atoms with E-state index >= 15 is 0 Å². The molecule has 0 bridgehead atoms. The van der Waals surface area contributed by atoms with Gasteiger partial charge < -0.3 is 0 Å². The van der Waals surface area contributed by atoms with Gasteiger partial charge in [0.15, 0.2) is 5.65 Å². The minimum Gasteiger partial charge on any atom is -0.237 e. The standard InChI is InChI=1S/C15H13ClN2O2S/c1-10-3-5-12(6-4-10)21(19,20)18-11(2)9-13-14(16)7-8-17-15(13)18/h3-9H,1-2H3. The highest BCUT2D eigenvalue weighted by Crippen LogP contribution is 2.28.